The van der Waals surface area contributed by atoms with Crippen LogP contribution in [0.5, 0.6) is 0 Å². The molecule has 29 heavy (non-hydrogen) atoms. The van der Waals surface area contributed by atoms with Crippen LogP contribution in [0.1, 0.15) is 17.0 Å². The average Bonchev–Trinajstić information content (AvgIpc) is 3.40. The Hall–Kier alpha value is -3.76. The molecule has 5 rings (SSSR count). The van der Waals surface area contributed by atoms with Gasteiger partial charge in [-0.05, 0) is 55.5 Å². The SMILES string of the molecule is Cc1cccc(-c2[nH]c(-c3ccc(C#N)cc3)nc2C2=CC3=CNSN3C=C2)n1. The Labute approximate surface area is 172 Å². The van der Waals surface area contributed by atoms with Crippen LogP contribution in [0.3, 0.4) is 0 Å². The van der Waals surface area contributed by atoms with E-state index < -0.39 is 0 Å². The molecule has 1 aromatic carbocycles. The smallest absolute Gasteiger partial charge is 0.138 e. The molecule has 0 bridgehead atoms. The van der Waals surface area contributed by atoms with Crippen molar-refractivity contribution in [1.29, 1.82) is 5.26 Å². The van der Waals surface area contributed by atoms with Gasteiger partial charge in [0.1, 0.15) is 5.82 Å². The molecule has 2 aliphatic rings. The van der Waals surface area contributed by atoms with Gasteiger partial charge >= 0.3 is 0 Å². The number of hydrogen-bond donors (Lipinski definition) is 2. The molecule has 0 saturated heterocycles. The number of fused-ring (bicyclic) bond motifs is 1. The maximum atomic E-state index is 9.05. The molecule has 2 N–H and O–H groups in total. The van der Waals surface area contributed by atoms with E-state index >= 15 is 0 Å². The molecule has 0 atom stereocenters. The summed E-state index contributed by atoms with van der Waals surface area (Å²) in [7, 11) is 0. The van der Waals surface area contributed by atoms with Gasteiger partial charge in [-0.15, -0.1) is 0 Å². The molecule has 7 heteroatoms. The number of pyridine rings is 1. The summed E-state index contributed by atoms with van der Waals surface area (Å²) in [5.74, 6) is 0.743. The lowest BCUT2D eigenvalue weighted by atomic mass is 10.1. The van der Waals surface area contributed by atoms with E-state index in [0.29, 0.717) is 5.56 Å². The number of H-pyrrole nitrogens is 1. The second-order valence-electron chi connectivity index (χ2n) is 6.68. The molecule has 0 aliphatic carbocycles. The number of benzene rings is 1. The molecule has 0 radical (unpaired) electrons. The topological polar surface area (TPSA) is 80.6 Å². The monoisotopic (exact) mass is 396 g/mol. The molecule has 3 aromatic rings. The lowest BCUT2D eigenvalue weighted by Crippen LogP contribution is -2.06. The molecule has 4 heterocycles. The lowest BCUT2D eigenvalue weighted by Gasteiger charge is -2.17. The number of nitrogens with zero attached hydrogens (tertiary/aromatic N) is 4. The Morgan fingerprint density at radius 3 is 2.76 bits per heavy atom. The summed E-state index contributed by atoms with van der Waals surface area (Å²) >= 11 is 1.52. The molecule has 2 aliphatic heterocycles. The summed E-state index contributed by atoms with van der Waals surface area (Å²) in [5.41, 5.74) is 7.12. The van der Waals surface area contributed by atoms with Gasteiger partial charge in [0, 0.05) is 29.2 Å². The van der Waals surface area contributed by atoms with Gasteiger partial charge in [0.25, 0.3) is 0 Å². The van der Waals surface area contributed by atoms with E-state index in [0.717, 1.165) is 45.4 Å². The maximum Gasteiger partial charge on any atom is 0.138 e. The Kier molecular flexibility index (Phi) is 4.19. The number of nitriles is 1. The molecule has 0 amide bonds. The third-order valence-electron chi connectivity index (χ3n) is 4.71. The van der Waals surface area contributed by atoms with Gasteiger partial charge in [0.15, 0.2) is 0 Å². The van der Waals surface area contributed by atoms with E-state index in [1.165, 1.54) is 12.1 Å². The minimum absolute atomic E-state index is 0.622. The fourth-order valence-corrected chi connectivity index (χ4v) is 3.89. The zero-order valence-corrected chi connectivity index (χ0v) is 16.4. The highest BCUT2D eigenvalue weighted by molar-refractivity contribution is 7.95. The first-order valence-corrected chi connectivity index (χ1v) is 9.85. The fraction of sp³-hybridized carbons (Fsp3) is 0.0455. The normalized spacial score (nSPS) is 14.7. The number of imidazole rings is 1. The van der Waals surface area contributed by atoms with Gasteiger partial charge in [-0.2, -0.15) is 5.26 Å². The Bertz CT molecular complexity index is 1230. The van der Waals surface area contributed by atoms with Crippen molar-refractivity contribution >= 4 is 17.7 Å². The van der Waals surface area contributed by atoms with Crippen molar-refractivity contribution in [1.82, 2.24) is 24.0 Å². The van der Waals surface area contributed by atoms with E-state index in [1.54, 1.807) is 12.1 Å². The summed E-state index contributed by atoms with van der Waals surface area (Å²) < 4.78 is 5.21. The molecule has 0 saturated carbocycles. The third kappa shape index (κ3) is 3.20. The van der Waals surface area contributed by atoms with Crippen molar-refractivity contribution in [2.24, 2.45) is 0 Å². The van der Waals surface area contributed by atoms with Gasteiger partial charge < -0.3 is 9.71 Å². The van der Waals surface area contributed by atoms with E-state index in [2.05, 4.69) is 32.2 Å². The molecule has 0 unspecified atom stereocenters. The zero-order chi connectivity index (χ0) is 19.8. The molecule has 140 valence electrons. The van der Waals surface area contributed by atoms with Crippen LogP contribution < -0.4 is 4.72 Å². The van der Waals surface area contributed by atoms with Crippen LogP contribution in [0.2, 0.25) is 0 Å². The van der Waals surface area contributed by atoms with Crippen molar-refractivity contribution in [2.75, 3.05) is 0 Å². The summed E-state index contributed by atoms with van der Waals surface area (Å²) in [4.78, 5) is 13.1. The minimum Gasteiger partial charge on any atom is -0.336 e. The molecular formula is C22H16N6S. The first kappa shape index (κ1) is 17.3. The Morgan fingerprint density at radius 2 is 1.97 bits per heavy atom. The first-order chi connectivity index (χ1) is 14.2. The van der Waals surface area contributed by atoms with Crippen molar-refractivity contribution in [2.45, 2.75) is 6.92 Å². The van der Waals surface area contributed by atoms with Gasteiger partial charge in [0.05, 0.1) is 46.5 Å². The summed E-state index contributed by atoms with van der Waals surface area (Å²) in [6.45, 7) is 1.98. The highest BCUT2D eigenvalue weighted by atomic mass is 32.2. The van der Waals surface area contributed by atoms with Gasteiger partial charge in [-0.1, -0.05) is 6.07 Å². The number of nitrogens with one attached hydrogen (secondary N) is 2. The fourth-order valence-electron chi connectivity index (χ4n) is 3.27. The number of aryl methyl sites for hydroxylation is 1. The van der Waals surface area contributed by atoms with Crippen molar-refractivity contribution in [3.05, 3.63) is 89.7 Å². The summed E-state index contributed by atoms with van der Waals surface area (Å²) in [6, 6.07) is 15.5. The number of hydrogen-bond acceptors (Lipinski definition) is 6. The average molecular weight is 396 g/mol. The minimum atomic E-state index is 0.622. The van der Waals surface area contributed by atoms with Gasteiger partial charge in [0.2, 0.25) is 0 Å². The third-order valence-corrected chi connectivity index (χ3v) is 5.47. The Morgan fingerprint density at radius 1 is 1.10 bits per heavy atom. The number of aromatic nitrogens is 3. The largest absolute Gasteiger partial charge is 0.336 e. The van der Waals surface area contributed by atoms with Crippen LogP contribution in [0.4, 0.5) is 0 Å². The quantitative estimate of drug-likeness (QED) is 0.633. The summed E-state index contributed by atoms with van der Waals surface area (Å²) in [6.07, 6.45) is 8.14. The molecule has 2 aromatic heterocycles. The van der Waals surface area contributed by atoms with E-state index in [4.69, 9.17) is 15.2 Å². The van der Waals surface area contributed by atoms with Crippen molar-refractivity contribution in [3.8, 4) is 28.8 Å². The predicted octanol–water partition coefficient (Wildman–Crippen LogP) is 4.54. The Balaban J connectivity index is 1.65. The highest BCUT2D eigenvalue weighted by Gasteiger charge is 2.22. The standard InChI is InChI=1S/C22H16N6S/c1-14-3-2-4-19(25-14)21-20(17-9-10-28-18(11-17)13-24-29-28)26-22(27-21)16-7-5-15(12-23)6-8-16/h2-11,13,24H,1H3,(H,26,27). The summed E-state index contributed by atoms with van der Waals surface area (Å²) in [5, 5.41) is 9.05. The molecule has 0 spiro atoms. The maximum absolute atomic E-state index is 9.05. The van der Waals surface area contributed by atoms with E-state index in [-0.39, 0.29) is 0 Å². The first-order valence-electron chi connectivity index (χ1n) is 9.08. The van der Waals surface area contributed by atoms with Gasteiger partial charge in [-0.3, -0.25) is 9.29 Å². The predicted molar refractivity (Wildman–Crippen MR) is 114 cm³/mol. The van der Waals surface area contributed by atoms with Crippen LogP contribution >= 0.6 is 12.1 Å². The molecule has 6 nitrogen and oxygen atoms in total. The van der Waals surface area contributed by atoms with Crippen LogP contribution in [0.15, 0.2) is 72.7 Å². The van der Waals surface area contributed by atoms with Gasteiger partial charge in [-0.25, -0.2) is 4.98 Å². The molecule has 0 fully saturated rings. The highest BCUT2D eigenvalue weighted by Crippen LogP contribution is 2.35. The lowest BCUT2D eigenvalue weighted by molar-refractivity contribution is 0.808. The van der Waals surface area contributed by atoms with Crippen LogP contribution in [-0.4, -0.2) is 19.3 Å². The van der Waals surface area contributed by atoms with Crippen LogP contribution in [-0.2, 0) is 0 Å². The van der Waals surface area contributed by atoms with Crippen LogP contribution in [0.25, 0.3) is 28.3 Å². The zero-order valence-electron chi connectivity index (χ0n) is 15.5. The van der Waals surface area contributed by atoms with Crippen LogP contribution in [0, 0.1) is 18.3 Å². The number of allylic oxidation sites excluding steroid dienone is 3. The second kappa shape index (κ2) is 7.00. The van der Waals surface area contributed by atoms with E-state index in [1.807, 2.05) is 49.7 Å². The second-order valence-corrected chi connectivity index (χ2v) is 7.49. The van der Waals surface area contributed by atoms with Crippen molar-refractivity contribution < 1.29 is 0 Å². The van der Waals surface area contributed by atoms with Crippen molar-refractivity contribution in [3.63, 3.8) is 0 Å². The number of aromatic amines is 1. The van der Waals surface area contributed by atoms with E-state index in [9.17, 15) is 0 Å². The number of rotatable bonds is 3. The molecular weight excluding hydrogens is 380 g/mol.